The van der Waals surface area contributed by atoms with Gasteiger partial charge in [0.2, 0.25) is 5.91 Å². The van der Waals surface area contributed by atoms with Crippen molar-refractivity contribution in [3.8, 4) is 0 Å². The van der Waals surface area contributed by atoms with Gasteiger partial charge in [0.1, 0.15) is 17.7 Å². The maximum absolute atomic E-state index is 13.3. The van der Waals surface area contributed by atoms with Gasteiger partial charge in [-0.25, -0.2) is 9.18 Å². The third-order valence-corrected chi connectivity index (χ3v) is 4.80. The van der Waals surface area contributed by atoms with Gasteiger partial charge < -0.3 is 14.6 Å². The molecular formula is C18H21FN4O3. The van der Waals surface area contributed by atoms with Gasteiger partial charge in [0.15, 0.2) is 5.82 Å². The normalized spacial score (nSPS) is 17.7. The molecule has 3 rings (SSSR count). The predicted octanol–water partition coefficient (Wildman–Crippen LogP) is 1.79. The number of nitrogens with zero attached hydrogens (tertiary/aromatic N) is 4. The maximum Gasteiger partial charge on any atom is 0.328 e. The summed E-state index contributed by atoms with van der Waals surface area (Å²) in [6.07, 6.45) is 1.06. The lowest BCUT2D eigenvalue weighted by Crippen LogP contribution is -2.52. The second kappa shape index (κ2) is 7.23. The largest absolute Gasteiger partial charge is 0.480 e. The van der Waals surface area contributed by atoms with E-state index in [1.807, 2.05) is 6.07 Å². The number of aryl methyl sites for hydroxylation is 2. The SMILES string of the molecule is Cc1nnc2n1CC(C(=O)O)N(C(=O)C(C)CCc1cccc(F)c1)C2. The smallest absolute Gasteiger partial charge is 0.328 e. The number of carboxylic acids is 1. The highest BCUT2D eigenvalue weighted by atomic mass is 19.1. The van der Waals surface area contributed by atoms with E-state index in [4.69, 9.17) is 0 Å². The molecule has 2 atom stereocenters. The molecule has 138 valence electrons. The van der Waals surface area contributed by atoms with Gasteiger partial charge >= 0.3 is 5.97 Å². The summed E-state index contributed by atoms with van der Waals surface area (Å²) in [7, 11) is 0. The number of carbonyl (C=O) groups excluding carboxylic acids is 1. The molecule has 1 N–H and O–H groups in total. The molecule has 0 radical (unpaired) electrons. The molecule has 2 unspecified atom stereocenters. The molecule has 1 aromatic carbocycles. The molecule has 0 aliphatic carbocycles. The molecule has 8 heteroatoms. The van der Waals surface area contributed by atoms with Gasteiger partial charge in [-0.2, -0.15) is 0 Å². The van der Waals surface area contributed by atoms with Crippen molar-refractivity contribution < 1.29 is 19.1 Å². The fourth-order valence-corrected chi connectivity index (χ4v) is 3.24. The van der Waals surface area contributed by atoms with Gasteiger partial charge in [-0.15, -0.1) is 10.2 Å². The van der Waals surface area contributed by atoms with Crippen LogP contribution in [0.25, 0.3) is 0 Å². The van der Waals surface area contributed by atoms with Crippen LogP contribution in [0.3, 0.4) is 0 Å². The zero-order valence-electron chi connectivity index (χ0n) is 14.7. The van der Waals surface area contributed by atoms with E-state index in [9.17, 15) is 19.1 Å². The first-order valence-electron chi connectivity index (χ1n) is 8.53. The highest BCUT2D eigenvalue weighted by Crippen LogP contribution is 2.22. The number of amides is 1. The number of carboxylic acid groups (broad SMARTS) is 1. The molecule has 2 aromatic rings. The van der Waals surface area contributed by atoms with E-state index in [2.05, 4.69) is 10.2 Å². The molecule has 0 bridgehead atoms. The molecule has 0 fully saturated rings. The molecule has 2 heterocycles. The molecule has 26 heavy (non-hydrogen) atoms. The predicted molar refractivity (Wildman–Crippen MR) is 90.6 cm³/mol. The number of carbonyl (C=O) groups is 2. The van der Waals surface area contributed by atoms with Crippen molar-refractivity contribution in [3.05, 3.63) is 47.3 Å². The molecule has 0 saturated heterocycles. The minimum atomic E-state index is -1.05. The summed E-state index contributed by atoms with van der Waals surface area (Å²) >= 11 is 0. The van der Waals surface area contributed by atoms with Crippen LogP contribution in [0.15, 0.2) is 24.3 Å². The van der Waals surface area contributed by atoms with Gasteiger partial charge in [0, 0.05) is 5.92 Å². The minimum Gasteiger partial charge on any atom is -0.480 e. The number of benzene rings is 1. The van der Waals surface area contributed by atoms with Gasteiger partial charge in [-0.05, 0) is 37.5 Å². The van der Waals surface area contributed by atoms with E-state index in [0.29, 0.717) is 24.5 Å². The monoisotopic (exact) mass is 360 g/mol. The van der Waals surface area contributed by atoms with Crippen LogP contribution in [-0.4, -0.2) is 42.7 Å². The number of halogens is 1. The van der Waals surface area contributed by atoms with E-state index in [-0.39, 0.29) is 30.7 Å². The summed E-state index contributed by atoms with van der Waals surface area (Å²) in [4.78, 5) is 25.9. The Labute approximate surface area is 150 Å². The van der Waals surface area contributed by atoms with Crippen LogP contribution in [-0.2, 0) is 29.1 Å². The number of hydrogen-bond acceptors (Lipinski definition) is 4. The van der Waals surface area contributed by atoms with E-state index in [0.717, 1.165) is 5.56 Å². The summed E-state index contributed by atoms with van der Waals surface area (Å²) in [6, 6.07) is 5.33. The van der Waals surface area contributed by atoms with Crippen molar-refractivity contribution >= 4 is 11.9 Å². The van der Waals surface area contributed by atoms with Crippen LogP contribution in [0.2, 0.25) is 0 Å². The number of hydrogen-bond donors (Lipinski definition) is 1. The first kappa shape index (κ1) is 18.0. The highest BCUT2D eigenvalue weighted by Gasteiger charge is 2.37. The summed E-state index contributed by atoms with van der Waals surface area (Å²) in [6.45, 7) is 3.80. The summed E-state index contributed by atoms with van der Waals surface area (Å²) in [5.41, 5.74) is 0.813. The van der Waals surface area contributed by atoms with E-state index < -0.39 is 12.0 Å². The van der Waals surface area contributed by atoms with Crippen LogP contribution in [0, 0.1) is 18.7 Å². The molecule has 1 aromatic heterocycles. The Morgan fingerprint density at radius 3 is 2.85 bits per heavy atom. The van der Waals surface area contributed by atoms with Gasteiger partial charge in [0.25, 0.3) is 0 Å². The fourth-order valence-electron chi connectivity index (χ4n) is 3.24. The average Bonchev–Trinajstić information content (AvgIpc) is 2.98. The lowest BCUT2D eigenvalue weighted by molar-refractivity contribution is -0.154. The van der Waals surface area contributed by atoms with Crippen molar-refractivity contribution in [1.82, 2.24) is 19.7 Å². The molecule has 1 aliphatic heterocycles. The average molecular weight is 360 g/mol. The van der Waals surface area contributed by atoms with Gasteiger partial charge in [-0.1, -0.05) is 19.1 Å². The highest BCUT2D eigenvalue weighted by molar-refractivity contribution is 5.85. The Balaban J connectivity index is 1.71. The first-order chi connectivity index (χ1) is 12.4. The lowest BCUT2D eigenvalue weighted by atomic mass is 9.98. The van der Waals surface area contributed by atoms with E-state index >= 15 is 0 Å². The standard InChI is InChI=1S/C18H21FN4O3/c1-11(6-7-13-4-3-5-14(19)8-13)17(24)23-10-16-21-20-12(2)22(16)9-15(23)18(25)26/h3-5,8,11,15H,6-7,9-10H2,1-2H3,(H,25,26). The summed E-state index contributed by atoms with van der Waals surface area (Å²) in [5, 5.41) is 17.5. The quantitative estimate of drug-likeness (QED) is 0.878. The zero-order valence-corrected chi connectivity index (χ0v) is 14.7. The third kappa shape index (κ3) is 3.58. The molecule has 1 amide bonds. The number of fused-ring (bicyclic) bond motifs is 1. The van der Waals surface area contributed by atoms with Crippen molar-refractivity contribution in [2.75, 3.05) is 0 Å². The second-order valence-electron chi connectivity index (χ2n) is 6.66. The van der Waals surface area contributed by atoms with E-state index in [1.165, 1.54) is 17.0 Å². The van der Waals surface area contributed by atoms with Crippen molar-refractivity contribution in [3.63, 3.8) is 0 Å². The van der Waals surface area contributed by atoms with Crippen LogP contribution >= 0.6 is 0 Å². The first-order valence-corrected chi connectivity index (χ1v) is 8.53. The Bertz CT molecular complexity index is 836. The van der Waals surface area contributed by atoms with Crippen LogP contribution in [0.4, 0.5) is 4.39 Å². The number of aromatic nitrogens is 3. The number of rotatable bonds is 5. The van der Waals surface area contributed by atoms with Gasteiger partial charge in [0.05, 0.1) is 13.1 Å². The molecular weight excluding hydrogens is 339 g/mol. The minimum absolute atomic E-state index is 0.126. The topological polar surface area (TPSA) is 88.3 Å². The Morgan fingerprint density at radius 2 is 2.15 bits per heavy atom. The van der Waals surface area contributed by atoms with Gasteiger partial charge in [-0.3, -0.25) is 4.79 Å². The molecule has 1 aliphatic rings. The van der Waals surface area contributed by atoms with Crippen LogP contribution in [0.5, 0.6) is 0 Å². The third-order valence-electron chi connectivity index (χ3n) is 4.80. The van der Waals surface area contributed by atoms with Crippen molar-refractivity contribution in [2.24, 2.45) is 5.92 Å². The Hall–Kier alpha value is -2.77. The molecule has 0 spiro atoms. The van der Waals surface area contributed by atoms with Crippen LogP contribution in [0.1, 0.15) is 30.6 Å². The Kier molecular flexibility index (Phi) is 5.01. The maximum atomic E-state index is 13.3. The summed E-state index contributed by atoms with van der Waals surface area (Å²) < 4.78 is 15.0. The molecule has 7 nitrogen and oxygen atoms in total. The summed E-state index contributed by atoms with van der Waals surface area (Å²) in [5.74, 6) is -0.743. The van der Waals surface area contributed by atoms with Crippen LogP contribution < -0.4 is 0 Å². The lowest BCUT2D eigenvalue weighted by Gasteiger charge is -2.35. The zero-order chi connectivity index (χ0) is 18.8. The molecule has 0 saturated carbocycles. The Morgan fingerprint density at radius 1 is 1.38 bits per heavy atom. The van der Waals surface area contributed by atoms with E-state index in [1.54, 1.807) is 24.5 Å². The van der Waals surface area contributed by atoms with Crippen molar-refractivity contribution in [2.45, 2.75) is 45.8 Å². The fraction of sp³-hybridized carbons (Fsp3) is 0.444. The second-order valence-corrected chi connectivity index (χ2v) is 6.66. The number of aliphatic carboxylic acids is 1. The van der Waals surface area contributed by atoms with Crippen molar-refractivity contribution in [1.29, 1.82) is 0 Å².